The number of benzene rings is 1. The van der Waals surface area contributed by atoms with Gasteiger partial charge in [0.25, 0.3) is 0 Å². The molecule has 0 saturated heterocycles. The predicted octanol–water partition coefficient (Wildman–Crippen LogP) is 3.47. The molecule has 4 heteroatoms. The maximum absolute atomic E-state index is 5.39. The number of pyridine rings is 1. The van der Waals surface area contributed by atoms with E-state index in [1.165, 1.54) is 5.56 Å². The lowest BCUT2D eigenvalue weighted by Gasteiger charge is -2.19. The number of ether oxygens (including phenoxy) is 1. The fourth-order valence-corrected chi connectivity index (χ4v) is 2.44. The van der Waals surface area contributed by atoms with Gasteiger partial charge in [0.05, 0.1) is 13.2 Å². The molecule has 1 unspecified atom stereocenters. The first-order valence-corrected chi connectivity index (χ1v) is 6.89. The van der Waals surface area contributed by atoms with Crippen molar-refractivity contribution in [2.75, 3.05) is 14.2 Å². The Labute approximate surface area is 122 Å². The topological polar surface area (TPSA) is 34.2 Å². The van der Waals surface area contributed by atoms with Crippen molar-refractivity contribution in [2.24, 2.45) is 0 Å². The van der Waals surface area contributed by atoms with E-state index in [4.69, 9.17) is 4.74 Å². The molecule has 0 aliphatic rings. The molecular weight excluding hydrogens is 304 g/mol. The number of aryl methyl sites for hydroxylation is 1. The van der Waals surface area contributed by atoms with Gasteiger partial charge in [-0.2, -0.15) is 0 Å². The van der Waals surface area contributed by atoms with Gasteiger partial charge in [0, 0.05) is 10.7 Å². The summed E-state index contributed by atoms with van der Waals surface area (Å²) >= 11 is 3.57. The van der Waals surface area contributed by atoms with E-state index in [0.29, 0.717) is 0 Å². The molecule has 1 aromatic heterocycles. The maximum Gasteiger partial charge on any atom is 0.142 e. The Hall–Kier alpha value is -1.39. The highest BCUT2D eigenvalue weighted by Gasteiger charge is 2.18. The van der Waals surface area contributed by atoms with E-state index in [9.17, 15) is 0 Å². The van der Waals surface area contributed by atoms with Crippen LogP contribution in [0.1, 0.15) is 22.9 Å². The van der Waals surface area contributed by atoms with Crippen LogP contribution in [0.4, 0.5) is 0 Å². The molecule has 1 aromatic carbocycles. The smallest absolute Gasteiger partial charge is 0.142 e. The number of nitrogens with one attached hydrogen (secondary N) is 1. The van der Waals surface area contributed by atoms with Gasteiger partial charge in [-0.05, 0) is 43.3 Å². The summed E-state index contributed by atoms with van der Waals surface area (Å²) in [6, 6.07) is 10.1. The van der Waals surface area contributed by atoms with E-state index in [1.807, 2.05) is 19.2 Å². The van der Waals surface area contributed by atoms with Crippen LogP contribution in [0.25, 0.3) is 0 Å². The zero-order chi connectivity index (χ0) is 13.8. The van der Waals surface area contributed by atoms with Gasteiger partial charge in [-0.1, -0.05) is 28.1 Å². The lowest BCUT2D eigenvalue weighted by atomic mass is 10.0. The Morgan fingerprint density at radius 3 is 2.74 bits per heavy atom. The summed E-state index contributed by atoms with van der Waals surface area (Å²) in [5, 5.41) is 3.29. The molecule has 19 heavy (non-hydrogen) atoms. The number of hydrogen-bond donors (Lipinski definition) is 1. The first kappa shape index (κ1) is 14.0. The van der Waals surface area contributed by atoms with E-state index >= 15 is 0 Å². The summed E-state index contributed by atoms with van der Waals surface area (Å²) in [6.45, 7) is 2.07. The summed E-state index contributed by atoms with van der Waals surface area (Å²) in [5.74, 6) is 0.790. The summed E-state index contributed by atoms with van der Waals surface area (Å²) < 4.78 is 6.49. The molecule has 0 saturated carbocycles. The van der Waals surface area contributed by atoms with Crippen LogP contribution in [0.2, 0.25) is 0 Å². The highest BCUT2D eigenvalue weighted by molar-refractivity contribution is 9.10. The number of hydrogen-bond acceptors (Lipinski definition) is 3. The van der Waals surface area contributed by atoms with Gasteiger partial charge in [0.2, 0.25) is 0 Å². The van der Waals surface area contributed by atoms with E-state index in [2.05, 4.69) is 51.4 Å². The van der Waals surface area contributed by atoms with Crippen LogP contribution in [0.5, 0.6) is 5.75 Å². The predicted molar refractivity (Wildman–Crippen MR) is 80.6 cm³/mol. The largest absolute Gasteiger partial charge is 0.495 e. The lowest BCUT2D eigenvalue weighted by Crippen LogP contribution is -2.19. The number of aromatic nitrogens is 1. The standard InChI is InChI=1S/C15H17BrN2O/c1-10-6-7-11(9-12(10)16)14(17-2)15-13(19-3)5-4-8-18-15/h4-9,14,17H,1-3H3. The third-order valence-electron chi connectivity index (χ3n) is 3.11. The van der Waals surface area contributed by atoms with Crippen LogP contribution in [0.3, 0.4) is 0 Å². The first-order chi connectivity index (χ1) is 9.17. The van der Waals surface area contributed by atoms with Gasteiger partial charge >= 0.3 is 0 Å². The SMILES string of the molecule is CNC(c1ccc(C)c(Br)c1)c1ncccc1OC. The van der Waals surface area contributed by atoms with Gasteiger partial charge in [0.1, 0.15) is 11.4 Å². The molecular formula is C15H17BrN2O. The molecule has 0 aliphatic carbocycles. The summed E-state index contributed by atoms with van der Waals surface area (Å²) in [5.41, 5.74) is 3.26. The molecule has 0 spiro atoms. The average molecular weight is 321 g/mol. The van der Waals surface area contributed by atoms with Crippen LogP contribution in [0.15, 0.2) is 41.0 Å². The van der Waals surface area contributed by atoms with Crippen LogP contribution >= 0.6 is 15.9 Å². The monoisotopic (exact) mass is 320 g/mol. The van der Waals surface area contributed by atoms with Crippen molar-refractivity contribution in [3.63, 3.8) is 0 Å². The molecule has 0 aliphatic heterocycles. The Balaban J connectivity index is 2.46. The normalized spacial score (nSPS) is 12.2. The summed E-state index contributed by atoms with van der Waals surface area (Å²) in [7, 11) is 3.59. The zero-order valence-corrected chi connectivity index (χ0v) is 12.9. The molecule has 3 nitrogen and oxygen atoms in total. The second kappa shape index (κ2) is 6.17. The minimum absolute atomic E-state index is 0.00745. The molecule has 100 valence electrons. The van der Waals surface area contributed by atoms with Crippen LogP contribution in [0, 0.1) is 6.92 Å². The van der Waals surface area contributed by atoms with Gasteiger partial charge in [-0.25, -0.2) is 0 Å². The van der Waals surface area contributed by atoms with Crippen molar-refractivity contribution in [3.8, 4) is 5.75 Å². The van der Waals surface area contributed by atoms with Crippen molar-refractivity contribution in [2.45, 2.75) is 13.0 Å². The van der Waals surface area contributed by atoms with E-state index in [0.717, 1.165) is 21.5 Å². The minimum atomic E-state index is 0.00745. The van der Waals surface area contributed by atoms with E-state index in [1.54, 1.807) is 13.3 Å². The van der Waals surface area contributed by atoms with Gasteiger partial charge in [-0.15, -0.1) is 0 Å². The zero-order valence-electron chi connectivity index (χ0n) is 11.3. The number of methoxy groups -OCH3 is 1. The molecule has 1 heterocycles. The summed E-state index contributed by atoms with van der Waals surface area (Å²) in [6.07, 6.45) is 1.78. The molecule has 1 N–H and O–H groups in total. The van der Waals surface area contributed by atoms with Crippen molar-refractivity contribution in [1.82, 2.24) is 10.3 Å². The molecule has 0 fully saturated rings. The Morgan fingerprint density at radius 2 is 2.11 bits per heavy atom. The van der Waals surface area contributed by atoms with Crippen LogP contribution < -0.4 is 10.1 Å². The third-order valence-corrected chi connectivity index (χ3v) is 3.97. The Morgan fingerprint density at radius 1 is 1.32 bits per heavy atom. The number of halogens is 1. The third kappa shape index (κ3) is 2.96. The number of rotatable bonds is 4. The van der Waals surface area contributed by atoms with Crippen molar-refractivity contribution in [3.05, 3.63) is 57.8 Å². The second-order valence-corrected chi connectivity index (χ2v) is 5.18. The molecule has 0 radical (unpaired) electrons. The van der Waals surface area contributed by atoms with Crippen molar-refractivity contribution < 1.29 is 4.74 Å². The van der Waals surface area contributed by atoms with Crippen LogP contribution in [-0.2, 0) is 0 Å². The van der Waals surface area contributed by atoms with Gasteiger partial charge < -0.3 is 10.1 Å². The highest BCUT2D eigenvalue weighted by atomic mass is 79.9. The molecule has 1 atom stereocenters. The highest BCUT2D eigenvalue weighted by Crippen LogP contribution is 2.29. The molecule has 0 amide bonds. The fourth-order valence-electron chi connectivity index (χ4n) is 2.04. The van der Waals surface area contributed by atoms with E-state index < -0.39 is 0 Å². The average Bonchev–Trinajstić information content (AvgIpc) is 2.44. The Bertz CT molecular complexity index is 572. The molecule has 0 bridgehead atoms. The Kier molecular flexibility index (Phi) is 4.56. The molecule has 2 rings (SSSR count). The van der Waals surface area contributed by atoms with Crippen molar-refractivity contribution in [1.29, 1.82) is 0 Å². The van der Waals surface area contributed by atoms with E-state index in [-0.39, 0.29) is 6.04 Å². The number of nitrogens with zero attached hydrogens (tertiary/aromatic N) is 1. The quantitative estimate of drug-likeness (QED) is 0.936. The fraction of sp³-hybridized carbons (Fsp3) is 0.267. The molecule has 2 aromatic rings. The van der Waals surface area contributed by atoms with Crippen LogP contribution in [-0.4, -0.2) is 19.1 Å². The van der Waals surface area contributed by atoms with Crippen molar-refractivity contribution >= 4 is 15.9 Å². The minimum Gasteiger partial charge on any atom is -0.495 e. The van der Waals surface area contributed by atoms with Gasteiger partial charge in [-0.3, -0.25) is 4.98 Å². The summed E-state index contributed by atoms with van der Waals surface area (Å²) in [4.78, 5) is 4.45. The maximum atomic E-state index is 5.39. The second-order valence-electron chi connectivity index (χ2n) is 4.32. The lowest BCUT2D eigenvalue weighted by molar-refractivity contribution is 0.401. The first-order valence-electron chi connectivity index (χ1n) is 6.09. The van der Waals surface area contributed by atoms with Gasteiger partial charge in [0.15, 0.2) is 0 Å².